The van der Waals surface area contributed by atoms with Gasteiger partial charge in [-0.05, 0) is 40.5 Å². The molecule has 1 N–H and O–H groups in total. The van der Waals surface area contributed by atoms with E-state index in [1.165, 1.54) is 20.3 Å². The van der Waals surface area contributed by atoms with E-state index in [2.05, 4.69) is 56.4 Å². The lowest BCUT2D eigenvalue weighted by Crippen LogP contribution is -2.11. The molecule has 0 bridgehead atoms. The minimum absolute atomic E-state index is 0.0301. The minimum Gasteiger partial charge on any atom is -0.350 e. The third-order valence-electron chi connectivity index (χ3n) is 7.74. The number of nitrogens with zero attached hydrogens (tertiary/aromatic N) is 7. The summed E-state index contributed by atoms with van der Waals surface area (Å²) in [6.45, 7) is 2.67. The summed E-state index contributed by atoms with van der Waals surface area (Å²) in [5.41, 5.74) is 6.66. The number of nitro groups is 1. The topological polar surface area (TPSA) is 147 Å². The molecule has 3 aromatic carbocycles. The predicted octanol–water partition coefficient (Wildman–Crippen LogP) is 6.54. The Bertz CT molecular complexity index is 1930. The first kappa shape index (κ1) is 29.7. The lowest BCUT2D eigenvalue weighted by molar-refractivity contribution is -0.384. The van der Waals surface area contributed by atoms with Crippen LogP contribution < -0.4 is 0 Å². The Hall–Kier alpha value is -5.33. The number of ether oxygens (including phenoxy) is 2. The van der Waals surface area contributed by atoms with Gasteiger partial charge in [-0.3, -0.25) is 10.1 Å². The summed E-state index contributed by atoms with van der Waals surface area (Å²) in [5, 5.41) is 26.5. The third kappa shape index (κ3) is 5.93. The van der Waals surface area contributed by atoms with Crippen molar-refractivity contribution in [3.63, 3.8) is 0 Å². The summed E-state index contributed by atoms with van der Waals surface area (Å²) in [7, 11) is 3.04. The molecule has 0 saturated carbocycles. The van der Waals surface area contributed by atoms with Crippen molar-refractivity contribution < 1.29 is 14.4 Å². The van der Waals surface area contributed by atoms with Crippen molar-refractivity contribution in [3.8, 4) is 33.6 Å². The lowest BCUT2D eigenvalue weighted by atomic mass is 9.98. The van der Waals surface area contributed by atoms with Crippen LogP contribution >= 0.6 is 0 Å². The molecule has 6 aromatic rings. The normalized spacial score (nSPS) is 11.5. The van der Waals surface area contributed by atoms with Crippen LogP contribution in [0.25, 0.3) is 44.8 Å². The molecular formula is C33H32N8O4. The fourth-order valence-corrected chi connectivity index (χ4v) is 5.55. The number of pyridine rings is 1. The number of benzene rings is 3. The van der Waals surface area contributed by atoms with Gasteiger partial charge in [0.05, 0.1) is 17.0 Å². The number of fused-ring (bicyclic) bond motifs is 1. The number of hydrogen-bond donors (Lipinski definition) is 1. The van der Waals surface area contributed by atoms with Gasteiger partial charge in [-0.25, -0.2) is 9.97 Å². The number of methoxy groups -OCH3 is 2. The molecule has 0 fully saturated rings. The molecule has 0 aliphatic carbocycles. The maximum Gasteiger partial charge on any atom is 0.277 e. The van der Waals surface area contributed by atoms with E-state index in [1.807, 2.05) is 30.3 Å². The zero-order valence-electron chi connectivity index (χ0n) is 25.2. The molecule has 0 spiro atoms. The highest BCUT2D eigenvalue weighted by Crippen LogP contribution is 2.37. The molecule has 12 nitrogen and oxygen atoms in total. The average molecular weight is 605 g/mol. The first-order chi connectivity index (χ1) is 22.0. The molecule has 0 atom stereocenters. The van der Waals surface area contributed by atoms with Gasteiger partial charge in [0, 0.05) is 37.8 Å². The summed E-state index contributed by atoms with van der Waals surface area (Å²) < 4.78 is 13.4. The van der Waals surface area contributed by atoms with Crippen molar-refractivity contribution in [1.82, 2.24) is 35.2 Å². The van der Waals surface area contributed by atoms with E-state index < -0.39 is 11.2 Å². The second-order valence-corrected chi connectivity index (χ2v) is 10.5. The molecule has 0 saturated heterocycles. The van der Waals surface area contributed by atoms with Crippen molar-refractivity contribution in [2.75, 3.05) is 14.2 Å². The van der Waals surface area contributed by atoms with Gasteiger partial charge < -0.3 is 14.0 Å². The van der Waals surface area contributed by atoms with Crippen LogP contribution in [-0.2, 0) is 22.4 Å². The fourth-order valence-electron chi connectivity index (χ4n) is 5.55. The maximum absolute atomic E-state index is 11.9. The number of hydrogen-bond acceptors (Lipinski definition) is 9. The van der Waals surface area contributed by atoms with Crippen molar-refractivity contribution >= 4 is 16.9 Å². The zero-order valence-corrected chi connectivity index (χ0v) is 25.2. The molecule has 12 heteroatoms. The van der Waals surface area contributed by atoms with Crippen LogP contribution in [0.3, 0.4) is 0 Å². The number of rotatable bonds is 12. The average Bonchev–Trinajstić information content (AvgIpc) is 3.73. The van der Waals surface area contributed by atoms with E-state index in [0.717, 1.165) is 47.3 Å². The van der Waals surface area contributed by atoms with Gasteiger partial charge >= 0.3 is 0 Å². The van der Waals surface area contributed by atoms with Crippen molar-refractivity contribution in [2.45, 2.75) is 39.0 Å². The van der Waals surface area contributed by atoms with Crippen LogP contribution in [0.15, 0.2) is 78.9 Å². The Morgan fingerprint density at radius 2 is 1.62 bits per heavy atom. The van der Waals surface area contributed by atoms with Crippen molar-refractivity contribution in [2.24, 2.45) is 0 Å². The number of nitro benzene ring substituents is 1. The van der Waals surface area contributed by atoms with Crippen LogP contribution in [0.2, 0.25) is 0 Å². The zero-order chi connectivity index (χ0) is 31.3. The number of unbranched alkanes of at least 4 members (excludes halogenated alkanes) is 1. The van der Waals surface area contributed by atoms with E-state index in [0.29, 0.717) is 40.4 Å². The van der Waals surface area contributed by atoms with Crippen molar-refractivity contribution in [3.05, 3.63) is 106 Å². The molecule has 3 aromatic heterocycles. The Kier molecular flexibility index (Phi) is 8.67. The molecule has 0 radical (unpaired) electrons. The molecular weight excluding hydrogens is 572 g/mol. The number of aromatic nitrogens is 7. The van der Waals surface area contributed by atoms with E-state index in [-0.39, 0.29) is 5.69 Å². The maximum atomic E-state index is 11.9. The van der Waals surface area contributed by atoms with Gasteiger partial charge in [0.1, 0.15) is 17.0 Å². The largest absolute Gasteiger partial charge is 0.350 e. The standard InChI is InChI=1S/C33H32N8O4/c1-4-5-14-29-34-27-19-26(24-11-8-9-13-28(24)41(42)43)30(33(44-2)45-3)35-32(27)40(29)20-21-15-17-22(18-16-21)23-10-6-7-12-25(23)31-36-38-39-37-31/h6-13,15-19,33H,4-5,14,20H2,1-3H3,(H,36,37,38,39). The van der Waals surface area contributed by atoms with E-state index in [9.17, 15) is 10.1 Å². The Balaban J connectivity index is 1.44. The number of aromatic amines is 1. The van der Waals surface area contributed by atoms with Gasteiger partial charge in [-0.2, -0.15) is 5.21 Å². The first-order valence-corrected chi connectivity index (χ1v) is 14.6. The highest BCUT2D eigenvalue weighted by atomic mass is 16.7. The summed E-state index contributed by atoms with van der Waals surface area (Å²) in [6.07, 6.45) is 1.88. The van der Waals surface area contributed by atoms with Gasteiger partial charge in [0.2, 0.25) is 12.1 Å². The van der Waals surface area contributed by atoms with Gasteiger partial charge in [-0.1, -0.05) is 74.0 Å². The monoisotopic (exact) mass is 604 g/mol. The fraction of sp³-hybridized carbons (Fsp3) is 0.242. The van der Waals surface area contributed by atoms with E-state index in [1.54, 1.807) is 18.2 Å². The number of tetrazole rings is 1. The van der Waals surface area contributed by atoms with Crippen LogP contribution in [0.5, 0.6) is 0 Å². The second-order valence-electron chi connectivity index (χ2n) is 10.5. The minimum atomic E-state index is -0.842. The lowest BCUT2D eigenvalue weighted by Gasteiger charge is -2.18. The smallest absolute Gasteiger partial charge is 0.277 e. The molecule has 3 heterocycles. The summed E-state index contributed by atoms with van der Waals surface area (Å²) in [6, 6.07) is 24.7. The predicted molar refractivity (Wildman–Crippen MR) is 169 cm³/mol. The van der Waals surface area contributed by atoms with Crippen LogP contribution in [0.1, 0.15) is 43.1 Å². The SMILES string of the molecule is CCCCc1nc2cc(-c3ccccc3[N+](=O)[O-])c(C(OC)OC)nc2n1Cc1ccc(-c2ccccc2-c2nn[nH]n2)cc1. The van der Waals surface area contributed by atoms with E-state index >= 15 is 0 Å². The molecule has 6 rings (SSSR count). The molecule has 228 valence electrons. The quantitative estimate of drug-likeness (QED) is 0.0934. The van der Waals surface area contributed by atoms with Crippen LogP contribution in [0, 0.1) is 10.1 Å². The molecule has 0 aliphatic heterocycles. The molecule has 45 heavy (non-hydrogen) atoms. The number of aryl methyl sites for hydroxylation is 1. The number of H-pyrrole nitrogens is 1. The Morgan fingerprint density at radius 3 is 2.29 bits per heavy atom. The number of nitrogens with one attached hydrogen (secondary N) is 1. The van der Waals surface area contributed by atoms with Crippen LogP contribution in [0.4, 0.5) is 5.69 Å². The summed E-state index contributed by atoms with van der Waals surface area (Å²) in [4.78, 5) is 21.6. The molecule has 0 amide bonds. The first-order valence-electron chi connectivity index (χ1n) is 14.6. The Labute approximate surface area is 259 Å². The number of para-hydroxylation sites is 1. The highest BCUT2D eigenvalue weighted by molar-refractivity contribution is 5.84. The van der Waals surface area contributed by atoms with Gasteiger partial charge in [0.25, 0.3) is 5.69 Å². The second kappa shape index (κ2) is 13.1. The molecule has 0 unspecified atom stereocenters. The highest BCUT2D eigenvalue weighted by Gasteiger charge is 2.26. The van der Waals surface area contributed by atoms with Crippen LogP contribution in [-0.4, -0.2) is 54.3 Å². The van der Waals surface area contributed by atoms with Gasteiger partial charge in [-0.15, -0.1) is 10.2 Å². The van der Waals surface area contributed by atoms with Gasteiger partial charge in [0.15, 0.2) is 5.65 Å². The summed E-state index contributed by atoms with van der Waals surface area (Å²) >= 11 is 0. The Morgan fingerprint density at radius 1 is 0.911 bits per heavy atom. The molecule has 0 aliphatic rings. The third-order valence-corrected chi connectivity index (χ3v) is 7.74. The van der Waals surface area contributed by atoms with Crippen molar-refractivity contribution in [1.29, 1.82) is 0 Å². The summed E-state index contributed by atoms with van der Waals surface area (Å²) in [5.74, 6) is 1.43. The number of imidazole rings is 1. The van der Waals surface area contributed by atoms with E-state index in [4.69, 9.17) is 19.4 Å².